The van der Waals surface area contributed by atoms with Crippen molar-refractivity contribution in [3.05, 3.63) is 29.6 Å². The number of aromatic nitrogens is 1. The molecule has 162 valence electrons. The summed E-state index contributed by atoms with van der Waals surface area (Å²) in [6, 6.07) is 3.68. The van der Waals surface area contributed by atoms with Crippen LogP contribution in [-0.4, -0.2) is 55.9 Å². The van der Waals surface area contributed by atoms with E-state index in [1.165, 1.54) is 6.20 Å². The Morgan fingerprint density at radius 3 is 2.38 bits per heavy atom. The molecular weight excluding hydrogens is 386 g/mol. The summed E-state index contributed by atoms with van der Waals surface area (Å²) >= 11 is 0. The number of nitrogens with one attached hydrogen (secondary N) is 1. The molecule has 1 aromatic rings. The first-order valence-corrected chi connectivity index (χ1v) is 13.2. The summed E-state index contributed by atoms with van der Waals surface area (Å²) in [5.74, 6) is -1.09. The van der Waals surface area contributed by atoms with Crippen LogP contribution in [0, 0.1) is 0 Å². The van der Waals surface area contributed by atoms with Crippen molar-refractivity contribution < 1.29 is 18.7 Å². The van der Waals surface area contributed by atoms with Gasteiger partial charge in [-0.3, -0.25) is 9.78 Å². The van der Waals surface area contributed by atoms with E-state index >= 15 is 0 Å². The monoisotopic (exact) mass is 421 g/mol. The highest BCUT2D eigenvalue weighted by molar-refractivity contribution is 6.74. The highest BCUT2D eigenvalue weighted by atomic mass is 28.4. The molecule has 2 fully saturated rings. The first kappa shape index (κ1) is 22.4. The van der Waals surface area contributed by atoms with Crippen LogP contribution in [0.5, 0.6) is 0 Å². The van der Waals surface area contributed by atoms with Crippen LogP contribution in [0.15, 0.2) is 18.3 Å². The number of pyridine rings is 1. The minimum atomic E-state index is -1.86. The molecule has 0 saturated carbocycles. The van der Waals surface area contributed by atoms with Crippen molar-refractivity contribution in [2.24, 2.45) is 5.73 Å². The van der Waals surface area contributed by atoms with Gasteiger partial charge < -0.3 is 25.0 Å². The standard InChI is InChI=1S/C21H35N3O4Si/c1-20(2,3)29(6,7)26-12-16-18-17(27-21(4,5)28-18)15(24-16)10-14-9-8-13(11-23-14)19(22)25/h8-9,11,15-18,24H,10,12H2,1-7H3,(H2,22,25)/t15-,16+,17-,18+/m0/s1. The molecule has 2 saturated heterocycles. The number of hydrogen-bond donors (Lipinski definition) is 2. The van der Waals surface area contributed by atoms with Crippen molar-refractivity contribution in [1.29, 1.82) is 0 Å². The first-order valence-electron chi connectivity index (χ1n) is 10.3. The third-order valence-corrected chi connectivity index (χ3v) is 10.9. The fourth-order valence-electron chi connectivity index (χ4n) is 3.65. The van der Waals surface area contributed by atoms with E-state index in [4.69, 9.17) is 19.6 Å². The normalized spacial score (nSPS) is 29.1. The molecule has 1 amide bonds. The molecule has 0 radical (unpaired) electrons. The summed E-state index contributed by atoms with van der Waals surface area (Å²) in [5.41, 5.74) is 6.60. The van der Waals surface area contributed by atoms with E-state index in [9.17, 15) is 4.79 Å². The van der Waals surface area contributed by atoms with Crippen LogP contribution in [0.2, 0.25) is 18.1 Å². The summed E-state index contributed by atoms with van der Waals surface area (Å²) in [5, 5.41) is 3.81. The summed E-state index contributed by atoms with van der Waals surface area (Å²) < 4.78 is 18.9. The quantitative estimate of drug-likeness (QED) is 0.686. The fraction of sp³-hybridized carbons (Fsp3) is 0.714. The Labute approximate surface area is 174 Å². The van der Waals surface area contributed by atoms with Gasteiger partial charge in [0, 0.05) is 24.4 Å². The predicted molar refractivity (Wildman–Crippen MR) is 114 cm³/mol. The number of amides is 1. The lowest BCUT2D eigenvalue weighted by Crippen LogP contribution is -2.47. The second-order valence-corrected chi connectivity index (χ2v) is 14.9. The van der Waals surface area contributed by atoms with Gasteiger partial charge in [0.25, 0.3) is 0 Å². The van der Waals surface area contributed by atoms with Crippen LogP contribution in [0.1, 0.15) is 50.7 Å². The molecule has 29 heavy (non-hydrogen) atoms. The van der Waals surface area contributed by atoms with Crippen LogP contribution in [0.4, 0.5) is 0 Å². The zero-order valence-corrected chi connectivity index (χ0v) is 19.6. The zero-order chi connectivity index (χ0) is 21.6. The van der Waals surface area contributed by atoms with Crippen LogP contribution in [0.3, 0.4) is 0 Å². The van der Waals surface area contributed by atoms with Gasteiger partial charge >= 0.3 is 0 Å². The summed E-state index contributed by atoms with van der Waals surface area (Å²) in [7, 11) is -1.86. The summed E-state index contributed by atoms with van der Waals surface area (Å²) in [6.07, 6.45) is 2.06. The van der Waals surface area contributed by atoms with E-state index in [1.807, 2.05) is 19.9 Å². The number of carbonyl (C=O) groups is 1. The Morgan fingerprint density at radius 2 is 1.86 bits per heavy atom. The minimum Gasteiger partial charge on any atom is -0.415 e. The number of nitrogens with zero attached hydrogens (tertiary/aromatic N) is 1. The van der Waals surface area contributed by atoms with Crippen molar-refractivity contribution >= 4 is 14.2 Å². The number of hydrogen-bond acceptors (Lipinski definition) is 6. The molecule has 4 atom stereocenters. The number of ether oxygens (including phenoxy) is 2. The van der Waals surface area contributed by atoms with E-state index in [1.54, 1.807) is 6.07 Å². The Balaban J connectivity index is 1.71. The second kappa shape index (κ2) is 7.74. The highest BCUT2D eigenvalue weighted by Gasteiger charge is 2.54. The molecule has 1 aromatic heterocycles. The number of carbonyl (C=O) groups excluding carboxylic acids is 1. The molecule has 3 rings (SSSR count). The molecule has 3 heterocycles. The molecule has 0 unspecified atom stereocenters. The van der Waals surface area contributed by atoms with Gasteiger partial charge in [0.1, 0.15) is 12.2 Å². The smallest absolute Gasteiger partial charge is 0.250 e. The topological polar surface area (TPSA) is 95.7 Å². The molecular formula is C21H35N3O4Si. The Hall–Kier alpha value is -1.32. The van der Waals surface area contributed by atoms with Gasteiger partial charge in [0.05, 0.1) is 18.2 Å². The largest absolute Gasteiger partial charge is 0.415 e. The van der Waals surface area contributed by atoms with Crippen LogP contribution >= 0.6 is 0 Å². The van der Waals surface area contributed by atoms with Crippen LogP contribution < -0.4 is 11.1 Å². The van der Waals surface area contributed by atoms with Gasteiger partial charge in [0.2, 0.25) is 5.91 Å². The SMILES string of the molecule is CC1(C)O[C@@H]2[C@H](O1)[C@@H](CO[Si](C)(C)C(C)(C)C)N[C@H]2Cc1ccc(C(N)=O)cn1. The van der Waals surface area contributed by atoms with Crippen molar-refractivity contribution in [3.8, 4) is 0 Å². The van der Waals surface area contributed by atoms with Crippen molar-refractivity contribution in [1.82, 2.24) is 10.3 Å². The third kappa shape index (κ3) is 4.88. The molecule has 3 N–H and O–H groups in total. The van der Waals surface area contributed by atoms with Crippen molar-refractivity contribution in [2.75, 3.05) is 6.61 Å². The van der Waals surface area contributed by atoms with Gasteiger partial charge in [-0.15, -0.1) is 0 Å². The van der Waals surface area contributed by atoms with E-state index in [0.29, 0.717) is 18.6 Å². The lowest BCUT2D eigenvalue weighted by molar-refractivity contribution is -0.157. The molecule has 0 aromatic carbocycles. The summed E-state index contributed by atoms with van der Waals surface area (Å²) in [4.78, 5) is 15.7. The van der Waals surface area contributed by atoms with E-state index in [2.05, 4.69) is 44.2 Å². The van der Waals surface area contributed by atoms with Gasteiger partial charge in [-0.1, -0.05) is 20.8 Å². The maximum Gasteiger partial charge on any atom is 0.250 e. The van der Waals surface area contributed by atoms with Crippen molar-refractivity contribution in [3.63, 3.8) is 0 Å². The van der Waals surface area contributed by atoms with Crippen molar-refractivity contribution in [2.45, 2.75) is 89.3 Å². The third-order valence-electron chi connectivity index (χ3n) is 6.35. The summed E-state index contributed by atoms with van der Waals surface area (Å²) in [6.45, 7) is 15.8. The molecule has 0 aliphatic carbocycles. The van der Waals surface area contributed by atoms with Gasteiger partial charge in [-0.25, -0.2) is 0 Å². The fourth-order valence-corrected chi connectivity index (χ4v) is 4.68. The minimum absolute atomic E-state index is 0.0571. The number of rotatable bonds is 6. The van der Waals surface area contributed by atoms with E-state index in [0.717, 1.165) is 5.69 Å². The molecule has 2 aliphatic heterocycles. The Morgan fingerprint density at radius 1 is 1.24 bits per heavy atom. The maximum atomic E-state index is 11.3. The molecule has 0 bridgehead atoms. The highest BCUT2D eigenvalue weighted by Crippen LogP contribution is 2.39. The van der Waals surface area contributed by atoms with E-state index in [-0.39, 0.29) is 29.3 Å². The van der Waals surface area contributed by atoms with E-state index < -0.39 is 20.0 Å². The van der Waals surface area contributed by atoms with Gasteiger partial charge in [0.15, 0.2) is 14.1 Å². The maximum absolute atomic E-state index is 11.3. The molecule has 8 heteroatoms. The molecule has 7 nitrogen and oxygen atoms in total. The van der Waals surface area contributed by atoms with Gasteiger partial charge in [-0.05, 0) is 44.1 Å². The van der Waals surface area contributed by atoms with Crippen LogP contribution in [-0.2, 0) is 20.3 Å². The zero-order valence-electron chi connectivity index (χ0n) is 18.6. The first-order chi connectivity index (χ1) is 13.3. The Kier molecular flexibility index (Phi) is 5.97. The lowest BCUT2D eigenvalue weighted by atomic mass is 10.0. The Bertz CT molecular complexity index is 745. The number of nitrogens with two attached hydrogens (primary N) is 1. The number of primary amides is 1. The average molecular weight is 422 g/mol. The molecule has 2 aliphatic rings. The predicted octanol–water partition coefficient (Wildman–Crippen LogP) is 2.61. The molecule has 0 spiro atoms. The second-order valence-electron chi connectivity index (χ2n) is 10.1. The van der Waals surface area contributed by atoms with Crippen LogP contribution in [0.25, 0.3) is 0 Å². The average Bonchev–Trinajstić information content (AvgIpc) is 3.06. The lowest BCUT2D eigenvalue weighted by Gasteiger charge is -2.37. The van der Waals surface area contributed by atoms with Gasteiger partial charge in [-0.2, -0.15) is 0 Å². The number of fused-ring (bicyclic) bond motifs is 1.